The number of nitrogens with two attached hydrogens (primary N) is 1. The SMILES string of the molecule is C[C@@H]1C[C@@H](O)CN1C(=O)[C@@H](NC(=O)CCOCCOCCC(=O)N(C)CC(COc1cc(-c2ccccc2O)nnc1N)c1ccccc1)C(C)(C)C. The van der Waals surface area contributed by atoms with Crippen LogP contribution in [-0.2, 0) is 23.9 Å². The number of likely N-dealkylation sites (N-methyl/N-ethyl adjacent to an activating group) is 1. The molecule has 3 amide bonds. The topological polar surface area (TPSA) is 190 Å². The van der Waals surface area contributed by atoms with Crippen molar-refractivity contribution in [1.29, 1.82) is 0 Å². The first kappa shape index (κ1) is 41.0. The molecule has 14 nitrogen and oxygen atoms in total. The maximum atomic E-state index is 13.2. The average Bonchev–Trinajstić information content (AvgIpc) is 3.47. The number of phenolic OH excluding ortho intramolecular Hbond substituents is 1. The second-order valence-electron chi connectivity index (χ2n) is 14.5. The number of nitrogens with one attached hydrogen (secondary N) is 1. The number of likely N-dealkylation sites (tertiary alicyclic amines) is 1. The number of hydrogen-bond acceptors (Lipinski definition) is 11. The van der Waals surface area contributed by atoms with Gasteiger partial charge in [-0.1, -0.05) is 63.2 Å². The molecule has 1 saturated heterocycles. The zero-order chi connectivity index (χ0) is 38.5. The zero-order valence-corrected chi connectivity index (χ0v) is 31.4. The summed E-state index contributed by atoms with van der Waals surface area (Å²) in [4.78, 5) is 42.2. The summed E-state index contributed by atoms with van der Waals surface area (Å²) in [6.07, 6.45) is 0.217. The number of para-hydroxylation sites is 1. The van der Waals surface area contributed by atoms with Gasteiger partial charge in [-0.05, 0) is 36.5 Å². The third kappa shape index (κ3) is 12.1. The van der Waals surface area contributed by atoms with Crippen molar-refractivity contribution in [2.75, 3.05) is 58.9 Å². The van der Waals surface area contributed by atoms with Gasteiger partial charge in [0.15, 0.2) is 11.6 Å². The van der Waals surface area contributed by atoms with Crippen LogP contribution in [-0.4, -0.2) is 119 Å². The van der Waals surface area contributed by atoms with E-state index in [1.54, 1.807) is 47.2 Å². The van der Waals surface area contributed by atoms with Gasteiger partial charge in [0.1, 0.15) is 17.5 Å². The van der Waals surface area contributed by atoms with Crippen molar-refractivity contribution in [1.82, 2.24) is 25.3 Å². The summed E-state index contributed by atoms with van der Waals surface area (Å²) in [6.45, 7) is 9.28. The molecule has 1 aliphatic heterocycles. The number of carbonyl (C=O) groups excluding carboxylic acids is 3. The number of aromatic hydroxyl groups is 1. The van der Waals surface area contributed by atoms with Crippen LogP contribution < -0.4 is 15.8 Å². The lowest BCUT2D eigenvalue weighted by Crippen LogP contribution is -2.55. The van der Waals surface area contributed by atoms with Gasteiger partial charge in [-0.15, -0.1) is 10.2 Å². The summed E-state index contributed by atoms with van der Waals surface area (Å²) in [5.41, 5.74) is 7.47. The highest BCUT2D eigenvalue weighted by Crippen LogP contribution is 2.31. The molecule has 0 bridgehead atoms. The molecular weight excluding hydrogens is 680 g/mol. The standard InChI is InChI=1S/C39H54N6O8/c1-26-21-29(46)24-45(26)38(50)36(39(2,3)4)41-34(48)15-17-51-19-20-52-18-16-35(49)44(5)23-28(27-11-7-6-8-12-27)25-53-33-22-31(42-43-37(33)40)30-13-9-10-14-32(30)47/h6-14,22,26,28-29,36,46-47H,15-21,23-25H2,1-5H3,(H2,40,43)(H,41,48)/t26-,28?,29-,36-/m1/s1. The molecule has 0 radical (unpaired) electrons. The molecule has 2 heterocycles. The normalized spacial score (nSPS) is 16.9. The van der Waals surface area contributed by atoms with E-state index in [2.05, 4.69) is 15.5 Å². The minimum absolute atomic E-state index is 0.0619. The fourth-order valence-corrected chi connectivity index (χ4v) is 6.12. The van der Waals surface area contributed by atoms with E-state index in [1.165, 1.54) is 0 Å². The van der Waals surface area contributed by atoms with Crippen LogP contribution in [0.4, 0.5) is 5.82 Å². The lowest BCUT2D eigenvalue weighted by atomic mass is 9.85. The Morgan fingerprint density at radius 2 is 1.66 bits per heavy atom. The summed E-state index contributed by atoms with van der Waals surface area (Å²) < 4.78 is 17.3. The maximum Gasteiger partial charge on any atom is 0.246 e. The van der Waals surface area contributed by atoms with E-state index in [0.717, 1.165) is 5.56 Å². The number of nitrogens with zero attached hydrogens (tertiary/aromatic N) is 4. The second-order valence-corrected chi connectivity index (χ2v) is 14.5. The number of aliphatic hydroxyl groups is 1. The number of β-amino-alcohol motifs (C(OH)–C–C–N with tert-alkyl or cyclic N) is 1. The number of hydrogen-bond donors (Lipinski definition) is 4. The van der Waals surface area contributed by atoms with Crippen LogP contribution in [0, 0.1) is 5.41 Å². The Kier molecular flexibility index (Phi) is 14.9. The molecule has 2 aromatic carbocycles. The highest BCUT2D eigenvalue weighted by atomic mass is 16.5. The summed E-state index contributed by atoms with van der Waals surface area (Å²) >= 11 is 0. The van der Waals surface area contributed by atoms with Gasteiger partial charge in [-0.2, -0.15) is 0 Å². The first-order valence-corrected chi connectivity index (χ1v) is 18.0. The number of rotatable bonds is 18. The third-order valence-electron chi connectivity index (χ3n) is 9.16. The molecule has 1 unspecified atom stereocenters. The Labute approximate surface area is 311 Å². The average molecular weight is 735 g/mol. The van der Waals surface area contributed by atoms with Crippen molar-refractivity contribution in [2.45, 2.75) is 71.1 Å². The zero-order valence-electron chi connectivity index (χ0n) is 31.4. The van der Waals surface area contributed by atoms with E-state index in [4.69, 9.17) is 19.9 Å². The highest BCUT2D eigenvalue weighted by molar-refractivity contribution is 5.88. The molecule has 14 heteroatoms. The summed E-state index contributed by atoms with van der Waals surface area (Å²) in [7, 11) is 1.73. The van der Waals surface area contributed by atoms with Crippen molar-refractivity contribution < 1.29 is 38.8 Å². The molecule has 4 atom stereocenters. The molecule has 1 aromatic heterocycles. The number of carbonyl (C=O) groups is 3. The molecule has 288 valence electrons. The molecule has 0 spiro atoms. The van der Waals surface area contributed by atoms with Gasteiger partial charge in [-0.25, -0.2) is 0 Å². The molecule has 5 N–H and O–H groups in total. The quantitative estimate of drug-likeness (QED) is 0.140. The van der Waals surface area contributed by atoms with Gasteiger partial charge < -0.3 is 45.3 Å². The lowest BCUT2D eigenvalue weighted by Gasteiger charge is -2.35. The number of benzene rings is 2. The minimum Gasteiger partial charge on any atom is -0.507 e. The van der Waals surface area contributed by atoms with Crippen LogP contribution in [0.5, 0.6) is 11.5 Å². The molecule has 0 aliphatic carbocycles. The van der Waals surface area contributed by atoms with Gasteiger partial charge in [0.05, 0.1) is 45.6 Å². The monoisotopic (exact) mass is 734 g/mol. The first-order valence-electron chi connectivity index (χ1n) is 18.0. The summed E-state index contributed by atoms with van der Waals surface area (Å²) in [5.74, 6) is -0.282. The largest absolute Gasteiger partial charge is 0.507 e. The fourth-order valence-electron chi connectivity index (χ4n) is 6.12. The predicted octanol–water partition coefficient (Wildman–Crippen LogP) is 3.38. The molecule has 1 fully saturated rings. The summed E-state index contributed by atoms with van der Waals surface area (Å²) in [6, 6.07) is 17.3. The fraction of sp³-hybridized carbons (Fsp3) is 0.513. The summed E-state index contributed by atoms with van der Waals surface area (Å²) in [5, 5.41) is 31.2. The Morgan fingerprint density at radius 3 is 2.30 bits per heavy atom. The molecule has 0 saturated carbocycles. The van der Waals surface area contributed by atoms with Crippen LogP contribution in [0.3, 0.4) is 0 Å². The molecule has 53 heavy (non-hydrogen) atoms. The van der Waals surface area contributed by atoms with Crippen LogP contribution in [0.15, 0.2) is 60.7 Å². The second kappa shape index (κ2) is 19.3. The Hall–Kier alpha value is -4.79. The Bertz CT molecular complexity index is 1650. The number of aliphatic hydroxyl groups excluding tert-OH is 1. The van der Waals surface area contributed by atoms with Gasteiger partial charge in [0.25, 0.3) is 0 Å². The van der Waals surface area contributed by atoms with Crippen molar-refractivity contribution in [3.05, 3.63) is 66.2 Å². The van der Waals surface area contributed by atoms with Crippen LogP contribution >= 0.6 is 0 Å². The molecule has 1 aliphatic rings. The van der Waals surface area contributed by atoms with Crippen molar-refractivity contribution in [3.8, 4) is 22.8 Å². The van der Waals surface area contributed by atoms with Gasteiger partial charge in [0, 0.05) is 50.1 Å². The van der Waals surface area contributed by atoms with Crippen molar-refractivity contribution >= 4 is 23.5 Å². The first-order chi connectivity index (χ1) is 25.2. The number of ether oxygens (including phenoxy) is 3. The number of aromatic nitrogens is 2. The van der Waals surface area contributed by atoms with E-state index in [-0.39, 0.29) is 93.7 Å². The molecule has 4 rings (SSSR count). The Morgan fingerprint density at radius 1 is 1.00 bits per heavy atom. The van der Waals surface area contributed by atoms with Crippen LogP contribution in [0.1, 0.15) is 58.4 Å². The van der Waals surface area contributed by atoms with Crippen molar-refractivity contribution in [3.63, 3.8) is 0 Å². The third-order valence-corrected chi connectivity index (χ3v) is 9.16. The highest BCUT2D eigenvalue weighted by Gasteiger charge is 2.40. The molecular formula is C39H54N6O8. The van der Waals surface area contributed by atoms with Gasteiger partial charge in [-0.3, -0.25) is 14.4 Å². The smallest absolute Gasteiger partial charge is 0.246 e. The van der Waals surface area contributed by atoms with Crippen LogP contribution in [0.2, 0.25) is 0 Å². The number of phenols is 1. The van der Waals surface area contributed by atoms with E-state index in [9.17, 15) is 24.6 Å². The Balaban J connectivity index is 1.18. The van der Waals surface area contributed by atoms with Crippen molar-refractivity contribution in [2.24, 2.45) is 5.41 Å². The maximum absolute atomic E-state index is 13.2. The molecule has 3 aromatic rings. The van der Waals surface area contributed by atoms with E-state index in [1.807, 2.05) is 58.0 Å². The van der Waals surface area contributed by atoms with E-state index in [0.29, 0.717) is 30.0 Å². The number of nitrogen functional groups attached to an aromatic ring is 1. The number of amides is 3. The lowest BCUT2D eigenvalue weighted by molar-refractivity contribution is -0.140. The van der Waals surface area contributed by atoms with E-state index >= 15 is 0 Å². The van der Waals surface area contributed by atoms with Gasteiger partial charge in [0.2, 0.25) is 17.7 Å². The number of anilines is 1. The van der Waals surface area contributed by atoms with Crippen LogP contribution in [0.25, 0.3) is 11.3 Å². The minimum atomic E-state index is -0.723. The van der Waals surface area contributed by atoms with E-state index < -0.39 is 17.6 Å². The predicted molar refractivity (Wildman–Crippen MR) is 200 cm³/mol. The van der Waals surface area contributed by atoms with Gasteiger partial charge >= 0.3 is 0 Å².